The summed E-state index contributed by atoms with van der Waals surface area (Å²) in [5.74, 6) is 0.653. The molecular weight excluding hydrogens is 296 g/mol. The summed E-state index contributed by atoms with van der Waals surface area (Å²) in [6, 6.07) is 0. The third-order valence-corrected chi connectivity index (χ3v) is 4.28. The standard InChI is InChI=1S/C12H18N6S.ClH/c13-12-14-6-11(19-12)9-17-4-1-2-10(7-17)8-18-5-3-15-16-18;/h3,5-6,10H,1-2,4,7-9H2,(H2,13,14);1H. The van der Waals surface area contributed by atoms with Crippen LogP contribution in [0.5, 0.6) is 0 Å². The van der Waals surface area contributed by atoms with Gasteiger partial charge in [0.25, 0.3) is 0 Å². The minimum atomic E-state index is 0. The van der Waals surface area contributed by atoms with E-state index in [-0.39, 0.29) is 12.4 Å². The van der Waals surface area contributed by atoms with E-state index in [1.165, 1.54) is 17.7 Å². The number of rotatable bonds is 4. The number of thiazole rings is 1. The highest BCUT2D eigenvalue weighted by Crippen LogP contribution is 2.22. The molecule has 1 atom stereocenters. The molecule has 0 aromatic carbocycles. The predicted molar refractivity (Wildman–Crippen MR) is 81.8 cm³/mol. The average molecular weight is 315 g/mol. The fourth-order valence-corrected chi connectivity index (χ4v) is 3.38. The van der Waals surface area contributed by atoms with Gasteiger partial charge in [0.1, 0.15) is 0 Å². The third kappa shape index (κ3) is 3.91. The van der Waals surface area contributed by atoms with Crippen molar-refractivity contribution in [1.82, 2.24) is 24.9 Å². The molecule has 0 amide bonds. The van der Waals surface area contributed by atoms with Crippen LogP contribution in [0.2, 0.25) is 0 Å². The van der Waals surface area contributed by atoms with Crippen LogP contribution >= 0.6 is 23.7 Å². The maximum absolute atomic E-state index is 5.67. The van der Waals surface area contributed by atoms with E-state index in [0.29, 0.717) is 11.0 Å². The van der Waals surface area contributed by atoms with Crippen LogP contribution in [0.4, 0.5) is 5.13 Å². The molecule has 1 aliphatic heterocycles. The molecule has 2 aromatic heterocycles. The summed E-state index contributed by atoms with van der Waals surface area (Å²) in [6.07, 6.45) is 8.07. The normalized spacial score (nSPS) is 19.7. The topological polar surface area (TPSA) is 72.9 Å². The molecule has 2 aromatic rings. The van der Waals surface area contributed by atoms with E-state index in [4.69, 9.17) is 5.73 Å². The maximum Gasteiger partial charge on any atom is 0.180 e. The van der Waals surface area contributed by atoms with E-state index < -0.39 is 0 Å². The monoisotopic (exact) mass is 314 g/mol. The first kappa shape index (κ1) is 15.2. The Balaban J connectivity index is 0.00000147. The molecule has 2 N–H and O–H groups in total. The first-order chi connectivity index (χ1) is 9.29. The van der Waals surface area contributed by atoms with E-state index in [9.17, 15) is 0 Å². The number of nitrogens with zero attached hydrogens (tertiary/aromatic N) is 5. The molecule has 20 heavy (non-hydrogen) atoms. The number of piperidine rings is 1. The van der Waals surface area contributed by atoms with Crippen molar-refractivity contribution in [2.45, 2.75) is 25.9 Å². The Bertz CT molecular complexity index is 514. The van der Waals surface area contributed by atoms with Gasteiger partial charge in [-0.05, 0) is 25.3 Å². The number of nitrogen functional groups attached to an aromatic ring is 1. The lowest BCUT2D eigenvalue weighted by Gasteiger charge is -2.32. The van der Waals surface area contributed by atoms with Gasteiger partial charge in [0, 0.05) is 36.9 Å². The summed E-state index contributed by atoms with van der Waals surface area (Å²) in [5.41, 5.74) is 5.67. The minimum Gasteiger partial charge on any atom is -0.375 e. The largest absolute Gasteiger partial charge is 0.375 e. The second-order valence-electron chi connectivity index (χ2n) is 5.03. The fourth-order valence-electron chi connectivity index (χ4n) is 2.65. The Hall–Kier alpha value is -1.18. The quantitative estimate of drug-likeness (QED) is 0.929. The van der Waals surface area contributed by atoms with Crippen LogP contribution in [0.1, 0.15) is 17.7 Å². The Kier molecular flexibility index (Phi) is 5.33. The molecule has 1 saturated heterocycles. The first-order valence-electron chi connectivity index (χ1n) is 6.56. The first-order valence-corrected chi connectivity index (χ1v) is 7.38. The molecule has 1 unspecified atom stereocenters. The highest BCUT2D eigenvalue weighted by Gasteiger charge is 2.21. The van der Waals surface area contributed by atoms with Gasteiger partial charge in [-0.15, -0.1) is 28.8 Å². The van der Waals surface area contributed by atoms with Gasteiger partial charge in [0.05, 0.1) is 6.20 Å². The minimum absolute atomic E-state index is 0. The van der Waals surface area contributed by atoms with Gasteiger partial charge < -0.3 is 5.73 Å². The maximum atomic E-state index is 5.67. The van der Waals surface area contributed by atoms with Crippen LogP contribution in [0.3, 0.4) is 0 Å². The summed E-state index contributed by atoms with van der Waals surface area (Å²) in [4.78, 5) is 7.84. The molecule has 8 heteroatoms. The van der Waals surface area contributed by atoms with E-state index in [1.54, 1.807) is 17.5 Å². The lowest BCUT2D eigenvalue weighted by atomic mass is 9.98. The smallest absolute Gasteiger partial charge is 0.180 e. The summed E-state index contributed by atoms with van der Waals surface area (Å²) in [5, 5.41) is 8.56. The van der Waals surface area contributed by atoms with Crippen LogP contribution in [-0.4, -0.2) is 38.0 Å². The van der Waals surface area contributed by atoms with Crippen molar-refractivity contribution in [3.05, 3.63) is 23.5 Å². The Morgan fingerprint density at radius 1 is 1.45 bits per heavy atom. The zero-order chi connectivity index (χ0) is 13.1. The molecule has 1 fully saturated rings. The van der Waals surface area contributed by atoms with Crippen LogP contribution in [0, 0.1) is 5.92 Å². The lowest BCUT2D eigenvalue weighted by Crippen LogP contribution is -2.36. The van der Waals surface area contributed by atoms with Crippen LogP contribution in [0.25, 0.3) is 0 Å². The van der Waals surface area contributed by atoms with Crippen molar-refractivity contribution < 1.29 is 0 Å². The number of aromatic nitrogens is 4. The third-order valence-electron chi connectivity index (χ3n) is 3.47. The van der Waals surface area contributed by atoms with E-state index in [0.717, 1.165) is 26.2 Å². The molecule has 0 bridgehead atoms. The summed E-state index contributed by atoms with van der Waals surface area (Å²) >= 11 is 1.59. The summed E-state index contributed by atoms with van der Waals surface area (Å²) < 4.78 is 1.93. The highest BCUT2D eigenvalue weighted by atomic mass is 35.5. The molecule has 3 heterocycles. The Labute approximate surface area is 128 Å². The van der Waals surface area contributed by atoms with Gasteiger partial charge in [0.15, 0.2) is 5.13 Å². The van der Waals surface area contributed by atoms with Crippen molar-refractivity contribution in [2.75, 3.05) is 18.8 Å². The molecule has 0 aliphatic carbocycles. The molecule has 0 radical (unpaired) electrons. The summed E-state index contributed by atoms with van der Waals surface area (Å²) in [6.45, 7) is 4.19. The van der Waals surface area contributed by atoms with E-state index >= 15 is 0 Å². The van der Waals surface area contributed by atoms with Crippen molar-refractivity contribution in [1.29, 1.82) is 0 Å². The molecule has 6 nitrogen and oxygen atoms in total. The van der Waals surface area contributed by atoms with Crippen LogP contribution in [-0.2, 0) is 13.1 Å². The second kappa shape index (κ2) is 7.01. The highest BCUT2D eigenvalue weighted by molar-refractivity contribution is 7.15. The van der Waals surface area contributed by atoms with Gasteiger partial charge in [-0.25, -0.2) is 4.98 Å². The van der Waals surface area contributed by atoms with E-state index in [2.05, 4.69) is 20.2 Å². The molecule has 110 valence electrons. The van der Waals surface area contributed by atoms with Gasteiger partial charge >= 0.3 is 0 Å². The number of halogens is 1. The van der Waals surface area contributed by atoms with Gasteiger partial charge in [-0.2, -0.15) is 0 Å². The SMILES string of the molecule is Cl.Nc1ncc(CN2CCCC(Cn3ccnn3)C2)s1. The average Bonchev–Trinajstić information content (AvgIpc) is 3.02. The number of anilines is 1. The molecule has 1 aliphatic rings. The number of hydrogen-bond donors (Lipinski definition) is 1. The predicted octanol–water partition coefficient (Wildman–Crippen LogP) is 1.65. The van der Waals surface area contributed by atoms with Gasteiger partial charge in [-0.1, -0.05) is 5.21 Å². The zero-order valence-electron chi connectivity index (χ0n) is 11.2. The molecule has 0 saturated carbocycles. The number of hydrogen-bond acceptors (Lipinski definition) is 6. The molecule has 3 rings (SSSR count). The molecular formula is C12H19ClN6S. The van der Waals surface area contributed by atoms with Crippen LogP contribution < -0.4 is 5.73 Å². The van der Waals surface area contributed by atoms with E-state index in [1.807, 2.05) is 17.1 Å². The van der Waals surface area contributed by atoms with Crippen molar-refractivity contribution in [3.63, 3.8) is 0 Å². The Morgan fingerprint density at radius 2 is 2.35 bits per heavy atom. The summed E-state index contributed by atoms with van der Waals surface area (Å²) in [7, 11) is 0. The van der Waals surface area contributed by atoms with Crippen molar-refractivity contribution in [2.24, 2.45) is 5.92 Å². The molecule has 0 spiro atoms. The fraction of sp³-hybridized carbons (Fsp3) is 0.583. The zero-order valence-corrected chi connectivity index (χ0v) is 12.8. The number of likely N-dealkylation sites (tertiary alicyclic amines) is 1. The Morgan fingerprint density at radius 3 is 3.05 bits per heavy atom. The van der Waals surface area contributed by atoms with Gasteiger partial charge in [-0.3, -0.25) is 9.58 Å². The lowest BCUT2D eigenvalue weighted by molar-refractivity contribution is 0.154. The van der Waals surface area contributed by atoms with Crippen LogP contribution in [0.15, 0.2) is 18.6 Å². The second-order valence-corrected chi connectivity index (χ2v) is 6.18. The van der Waals surface area contributed by atoms with Gasteiger partial charge in [0.2, 0.25) is 0 Å². The number of nitrogens with two attached hydrogens (primary N) is 1. The van der Waals surface area contributed by atoms with Crippen molar-refractivity contribution in [3.8, 4) is 0 Å². The van der Waals surface area contributed by atoms with Crippen molar-refractivity contribution >= 4 is 28.9 Å².